The Morgan fingerprint density at radius 2 is 2.05 bits per heavy atom. The maximum Gasteiger partial charge on any atom is 0.272 e. The van der Waals surface area contributed by atoms with Gasteiger partial charge in [0.2, 0.25) is 0 Å². The minimum atomic E-state index is -3.70. The van der Waals surface area contributed by atoms with Gasteiger partial charge in [-0.3, -0.25) is 14.8 Å². The van der Waals surface area contributed by atoms with E-state index in [1.165, 1.54) is 18.2 Å². The van der Waals surface area contributed by atoms with Crippen LogP contribution in [0.5, 0.6) is 0 Å². The fourth-order valence-corrected chi connectivity index (χ4v) is 4.99. The first-order valence-electron chi connectivity index (χ1n) is 5.32. The number of hydrogen-bond acceptors (Lipinski definition) is 5. The maximum absolute atomic E-state index is 12.1. The summed E-state index contributed by atoms with van der Waals surface area (Å²) >= 11 is 4.24. The molecule has 2 aromatic rings. The van der Waals surface area contributed by atoms with Gasteiger partial charge in [0.25, 0.3) is 15.7 Å². The summed E-state index contributed by atoms with van der Waals surface area (Å²) in [5, 5.41) is 12.4. The van der Waals surface area contributed by atoms with Crippen LogP contribution in [0.1, 0.15) is 5.56 Å². The number of nitro benzene ring substituents is 1. The van der Waals surface area contributed by atoms with E-state index in [4.69, 9.17) is 0 Å². The van der Waals surface area contributed by atoms with Crippen molar-refractivity contribution < 1.29 is 13.3 Å². The van der Waals surface area contributed by atoms with Gasteiger partial charge >= 0.3 is 0 Å². The van der Waals surface area contributed by atoms with Gasteiger partial charge in [-0.2, -0.15) is 0 Å². The first kappa shape index (κ1) is 14.9. The van der Waals surface area contributed by atoms with Crippen molar-refractivity contribution in [2.75, 3.05) is 4.72 Å². The highest BCUT2D eigenvalue weighted by atomic mass is 79.9. The van der Waals surface area contributed by atoms with Crippen LogP contribution >= 0.6 is 27.3 Å². The Labute approximate surface area is 127 Å². The molecule has 0 radical (unpaired) electrons. The Balaban J connectivity index is 2.33. The molecule has 6 nitrogen and oxygen atoms in total. The predicted molar refractivity (Wildman–Crippen MR) is 80.7 cm³/mol. The summed E-state index contributed by atoms with van der Waals surface area (Å²) in [5.74, 6) is 0. The molecule has 1 aromatic carbocycles. The number of nitro groups is 1. The molecule has 20 heavy (non-hydrogen) atoms. The van der Waals surface area contributed by atoms with Crippen LogP contribution in [0, 0.1) is 17.0 Å². The minimum absolute atomic E-state index is 0.0507. The van der Waals surface area contributed by atoms with Gasteiger partial charge in [0, 0.05) is 21.8 Å². The number of hydrogen-bond donors (Lipinski definition) is 1. The Bertz CT molecular complexity index is 770. The molecule has 0 amide bonds. The van der Waals surface area contributed by atoms with Crippen molar-refractivity contribution in [3.05, 3.63) is 49.8 Å². The summed E-state index contributed by atoms with van der Waals surface area (Å²) in [6, 6.07) is 5.71. The van der Waals surface area contributed by atoms with Gasteiger partial charge in [-0.25, -0.2) is 8.42 Å². The van der Waals surface area contributed by atoms with E-state index in [-0.39, 0.29) is 15.6 Å². The molecule has 0 unspecified atom stereocenters. The quantitative estimate of drug-likeness (QED) is 0.652. The molecule has 0 spiro atoms. The lowest BCUT2D eigenvalue weighted by Crippen LogP contribution is -2.12. The molecule has 0 fully saturated rings. The van der Waals surface area contributed by atoms with Gasteiger partial charge in [-0.05, 0) is 46.4 Å². The molecular formula is C11H9BrN2O4S2. The predicted octanol–water partition coefficient (Wildman–Crippen LogP) is 3.53. The van der Waals surface area contributed by atoms with Gasteiger partial charge in [-0.15, -0.1) is 11.3 Å². The van der Waals surface area contributed by atoms with Crippen molar-refractivity contribution >= 4 is 48.7 Å². The summed E-state index contributed by atoms with van der Waals surface area (Å²) in [4.78, 5) is 10.2. The van der Waals surface area contributed by atoms with Crippen LogP contribution < -0.4 is 4.72 Å². The summed E-state index contributed by atoms with van der Waals surface area (Å²) in [6.45, 7) is 1.55. The summed E-state index contributed by atoms with van der Waals surface area (Å²) in [7, 11) is -3.70. The molecule has 0 bridgehead atoms. The van der Waals surface area contributed by atoms with Crippen LogP contribution in [-0.2, 0) is 10.0 Å². The van der Waals surface area contributed by atoms with E-state index in [1.54, 1.807) is 18.4 Å². The van der Waals surface area contributed by atoms with Crippen molar-refractivity contribution in [1.29, 1.82) is 0 Å². The minimum Gasteiger partial charge on any atom is -0.279 e. The SMILES string of the molecule is Cc1cc(NS(=O)(=O)c2sccc2Br)ccc1[N+](=O)[O-]. The second-order valence-corrected chi connectivity index (χ2v) is 7.57. The lowest BCUT2D eigenvalue weighted by Gasteiger charge is -2.07. The largest absolute Gasteiger partial charge is 0.279 e. The van der Waals surface area contributed by atoms with Crippen LogP contribution in [0.15, 0.2) is 38.3 Å². The Hall–Kier alpha value is -1.45. The lowest BCUT2D eigenvalue weighted by atomic mass is 10.2. The van der Waals surface area contributed by atoms with Crippen LogP contribution in [0.3, 0.4) is 0 Å². The Morgan fingerprint density at radius 1 is 1.35 bits per heavy atom. The number of sulfonamides is 1. The Kier molecular flexibility index (Phi) is 4.11. The average molecular weight is 377 g/mol. The van der Waals surface area contributed by atoms with E-state index in [1.807, 2.05) is 0 Å². The second kappa shape index (κ2) is 5.51. The van der Waals surface area contributed by atoms with E-state index in [9.17, 15) is 18.5 Å². The van der Waals surface area contributed by atoms with Gasteiger partial charge in [0.15, 0.2) is 4.21 Å². The molecule has 106 valence electrons. The standard InChI is InChI=1S/C11H9BrN2O4S2/c1-7-6-8(2-3-10(7)14(15)16)13-20(17,18)11-9(12)4-5-19-11/h2-6,13H,1H3. The molecule has 0 aliphatic heterocycles. The molecule has 1 N–H and O–H groups in total. The summed E-state index contributed by atoms with van der Waals surface area (Å²) in [5.41, 5.74) is 0.624. The average Bonchev–Trinajstić information content (AvgIpc) is 2.75. The third-order valence-corrected chi connectivity index (χ3v) is 6.53. The van der Waals surface area contributed by atoms with Crippen molar-refractivity contribution in [3.8, 4) is 0 Å². The van der Waals surface area contributed by atoms with Crippen LogP contribution in [-0.4, -0.2) is 13.3 Å². The molecular weight excluding hydrogens is 368 g/mol. The van der Waals surface area contributed by atoms with Crippen molar-refractivity contribution in [2.24, 2.45) is 0 Å². The lowest BCUT2D eigenvalue weighted by molar-refractivity contribution is -0.385. The van der Waals surface area contributed by atoms with Crippen molar-refractivity contribution in [3.63, 3.8) is 0 Å². The summed E-state index contributed by atoms with van der Waals surface area (Å²) < 4.78 is 27.3. The smallest absolute Gasteiger partial charge is 0.272 e. The molecule has 1 aromatic heterocycles. The van der Waals surface area contributed by atoms with Crippen LogP contribution in [0.4, 0.5) is 11.4 Å². The maximum atomic E-state index is 12.1. The number of nitrogens with one attached hydrogen (secondary N) is 1. The van der Waals surface area contributed by atoms with Crippen molar-refractivity contribution in [2.45, 2.75) is 11.1 Å². The fourth-order valence-electron chi connectivity index (χ4n) is 1.60. The molecule has 9 heteroatoms. The fraction of sp³-hybridized carbons (Fsp3) is 0.0909. The zero-order valence-corrected chi connectivity index (χ0v) is 13.4. The molecule has 0 saturated carbocycles. The van der Waals surface area contributed by atoms with Gasteiger partial charge in [-0.1, -0.05) is 0 Å². The molecule has 0 atom stereocenters. The number of nitrogens with zero attached hydrogens (tertiary/aromatic N) is 1. The van der Waals surface area contributed by atoms with E-state index in [2.05, 4.69) is 20.7 Å². The van der Waals surface area contributed by atoms with Gasteiger partial charge in [0.05, 0.1) is 4.92 Å². The highest BCUT2D eigenvalue weighted by molar-refractivity contribution is 9.10. The summed E-state index contributed by atoms with van der Waals surface area (Å²) in [6.07, 6.45) is 0. The first-order chi connectivity index (χ1) is 9.31. The van der Waals surface area contributed by atoms with Gasteiger partial charge < -0.3 is 0 Å². The molecule has 2 rings (SSSR count). The highest BCUT2D eigenvalue weighted by Gasteiger charge is 2.20. The highest BCUT2D eigenvalue weighted by Crippen LogP contribution is 2.30. The van der Waals surface area contributed by atoms with Crippen molar-refractivity contribution in [1.82, 2.24) is 0 Å². The third-order valence-electron chi connectivity index (χ3n) is 2.47. The van der Waals surface area contributed by atoms with E-state index in [0.717, 1.165) is 11.3 Å². The molecule has 1 heterocycles. The first-order valence-corrected chi connectivity index (χ1v) is 8.48. The Morgan fingerprint density at radius 3 is 2.55 bits per heavy atom. The van der Waals surface area contributed by atoms with Crippen LogP contribution in [0.25, 0.3) is 0 Å². The number of thiophene rings is 1. The van der Waals surface area contributed by atoms with E-state index >= 15 is 0 Å². The third kappa shape index (κ3) is 3.00. The molecule has 0 aliphatic rings. The van der Waals surface area contributed by atoms with E-state index in [0.29, 0.717) is 10.0 Å². The number of rotatable bonds is 4. The monoisotopic (exact) mass is 376 g/mol. The number of aryl methyl sites for hydroxylation is 1. The number of anilines is 1. The van der Waals surface area contributed by atoms with Crippen LogP contribution in [0.2, 0.25) is 0 Å². The second-order valence-electron chi connectivity index (χ2n) is 3.92. The molecule has 0 saturated heterocycles. The zero-order chi connectivity index (χ0) is 14.9. The van der Waals surface area contributed by atoms with E-state index < -0.39 is 14.9 Å². The molecule has 0 aliphatic carbocycles. The topological polar surface area (TPSA) is 89.3 Å². The number of halogens is 1. The number of benzene rings is 1. The normalized spacial score (nSPS) is 11.3. The van der Waals surface area contributed by atoms with Gasteiger partial charge in [0.1, 0.15) is 0 Å². The zero-order valence-electron chi connectivity index (χ0n) is 10.2.